The minimum atomic E-state index is -3.61. The zero-order valence-corrected chi connectivity index (χ0v) is 22.8. The van der Waals surface area contributed by atoms with Crippen molar-refractivity contribution in [3.8, 4) is 5.75 Å². The number of hydrogen-bond acceptors (Lipinski definition) is 5. The van der Waals surface area contributed by atoms with Gasteiger partial charge in [-0.15, -0.1) is 0 Å². The number of nitrogens with one attached hydrogen (secondary N) is 1. The Kier molecular flexibility index (Phi) is 11.2. The van der Waals surface area contributed by atoms with E-state index in [1.54, 1.807) is 36.1 Å². The molecule has 9 heteroatoms. The molecule has 0 aliphatic heterocycles. The van der Waals surface area contributed by atoms with Crippen molar-refractivity contribution < 1.29 is 22.7 Å². The van der Waals surface area contributed by atoms with Crippen molar-refractivity contribution in [1.29, 1.82) is 0 Å². The highest BCUT2D eigenvalue weighted by molar-refractivity contribution is 7.92. The number of sulfonamides is 1. The third-order valence-corrected chi connectivity index (χ3v) is 6.92. The number of ether oxygens (including phenoxy) is 1. The summed E-state index contributed by atoms with van der Waals surface area (Å²) in [4.78, 5) is 27.6. The first-order valence-electron chi connectivity index (χ1n) is 12.4. The smallest absolute Gasteiger partial charge is 0.242 e. The maximum Gasteiger partial charge on any atom is 0.242 e. The number of anilines is 1. The molecule has 0 heterocycles. The number of carbonyl (C=O) groups excluding carboxylic acids is 2. The van der Waals surface area contributed by atoms with Gasteiger partial charge in [-0.1, -0.05) is 48.9 Å². The summed E-state index contributed by atoms with van der Waals surface area (Å²) >= 11 is 0. The van der Waals surface area contributed by atoms with Crippen LogP contribution in [0.1, 0.15) is 51.2 Å². The van der Waals surface area contributed by atoms with Crippen molar-refractivity contribution in [3.05, 3.63) is 59.7 Å². The second kappa shape index (κ2) is 13.9. The number of amides is 2. The lowest BCUT2D eigenvalue weighted by Gasteiger charge is -2.29. The highest BCUT2D eigenvalue weighted by Crippen LogP contribution is 2.30. The molecule has 8 nitrogen and oxygen atoms in total. The van der Waals surface area contributed by atoms with Gasteiger partial charge in [0.25, 0.3) is 0 Å². The molecule has 2 aromatic carbocycles. The quantitative estimate of drug-likeness (QED) is 0.410. The lowest BCUT2D eigenvalue weighted by Crippen LogP contribution is -2.47. The number of para-hydroxylation sites is 2. The molecule has 0 aromatic heterocycles. The predicted octanol–water partition coefficient (Wildman–Crippen LogP) is 3.88. The molecule has 198 valence electrons. The maximum absolute atomic E-state index is 13.3. The number of rotatable bonds is 14. The van der Waals surface area contributed by atoms with Crippen molar-refractivity contribution in [2.24, 2.45) is 0 Å². The zero-order chi connectivity index (χ0) is 26.7. The molecule has 0 bridgehead atoms. The summed E-state index contributed by atoms with van der Waals surface area (Å²) in [5.41, 5.74) is 2.44. The number of aryl methyl sites for hydroxylation is 1. The summed E-state index contributed by atoms with van der Waals surface area (Å²) in [7, 11) is -3.61. The average Bonchev–Trinajstić information content (AvgIpc) is 2.83. The van der Waals surface area contributed by atoms with Crippen LogP contribution in [0.2, 0.25) is 0 Å². The fraction of sp³-hybridized carbons (Fsp3) is 0.481. The molecule has 2 amide bonds. The fourth-order valence-corrected chi connectivity index (χ4v) is 4.88. The Bertz CT molecular complexity index is 1120. The molecule has 0 fully saturated rings. The summed E-state index contributed by atoms with van der Waals surface area (Å²) in [6.07, 6.45) is 2.33. The van der Waals surface area contributed by atoms with Crippen LogP contribution in [0.3, 0.4) is 0 Å². The second-order valence-electron chi connectivity index (χ2n) is 8.82. The van der Waals surface area contributed by atoms with Crippen LogP contribution < -0.4 is 14.4 Å². The van der Waals surface area contributed by atoms with Crippen molar-refractivity contribution in [2.45, 2.75) is 59.5 Å². The lowest BCUT2D eigenvalue weighted by atomic mass is 10.1. The molecular formula is C27H39N3O5S. The van der Waals surface area contributed by atoms with Crippen LogP contribution in [0.4, 0.5) is 5.69 Å². The first kappa shape index (κ1) is 29.2. The summed E-state index contributed by atoms with van der Waals surface area (Å²) in [6, 6.07) is 14.1. The Balaban J connectivity index is 2.19. The van der Waals surface area contributed by atoms with Crippen LogP contribution in [0.25, 0.3) is 0 Å². The molecule has 1 N–H and O–H groups in total. The highest BCUT2D eigenvalue weighted by Gasteiger charge is 2.27. The van der Waals surface area contributed by atoms with E-state index < -0.39 is 16.1 Å². The summed E-state index contributed by atoms with van der Waals surface area (Å²) in [6.45, 7) is 8.86. The van der Waals surface area contributed by atoms with Crippen molar-refractivity contribution >= 4 is 27.5 Å². The summed E-state index contributed by atoms with van der Waals surface area (Å²) in [5.74, 6) is 0.0579. The van der Waals surface area contributed by atoms with Crippen molar-refractivity contribution in [1.82, 2.24) is 10.2 Å². The first-order valence-corrected chi connectivity index (χ1v) is 14.3. The molecular weight excluding hydrogens is 478 g/mol. The number of carbonyl (C=O) groups is 2. The Labute approximate surface area is 215 Å². The minimum Gasteiger partial charge on any atom is -0.492 e. The molecule has 1 atom stereocenters. The van der Waals surface area contributed by atoms with Crippen LogP contribution in [0, 0.1) is 6.92 Å². The van der Waals surface area contributed by atoms with E-state index >= 15 is 0 Å². The molecule has 0 saturated carbocycles. The van der Waals surface area contributed by atoms with Gasteiger partial charge in [-0.25, -0.2) is 8.42 Å². The van der Waals surface area contributed by atoms with Gasteiger partial charge in [-0.2, -0.15) is 0 Å². The topological polar surface area (TPSA) is 96.0 Å². The Morgan fingerprint density at radius 2 is 1.81 bits per heavy atom. The first-order chi connectivity index (χ1) is 17.1. The van der Waals surface area contributed by atoms with Gasteiger partial charge >= 0.3 is 0 Å². The molecule has 0 saturated heterocycles. The van der Waals surface area contributed by atoms with Crippen LogP contribution in [0.15, 0.2) is 48.5 Å². The third-order valence-electron chi connectivity index (χ3n) is 5.74. The molecule has 0 spiro atoms. The van der Waals surface area contributed by atoms with Gasteiger partial charge in [0.05, 0.1) is 18.6 Å². The SMILES string of the molecule is CCCNC(=O)[C@@H](C)N(Cc1cccc(C)c1)C(=O)CCCN(c1ccccc1OCC)S(C)(=O)=O. The van der Waals surface area contributed by atoms with E-state index in [0.29, 0.717) is 37.6 Å². The molecule has 2 aromatic rings. The normalized spacial score (nSPS) is 12.0. The van der Waals surface area contributed by atoms with Gasteiger partial charge in [0.1, 0.15) is 11.8 Å². The number of benzene rings is 2. The summed E-state index contributed by atoms with van der Waals surface area (Å²) in [5, 5.41) is 2.86. The third kappa shape index (κ3) is 8.55. The Morgan fingerprint density at radius 3 is 2.44 bits per heavy atom. The van der Waals surface area contributed by atoms with Crippen molar-refractivity contribution in [2.75, 3.05) is 30.3 Å². The largest absolute Gasteiger partial charge is 0.492 e. The predicted molar refractivity (Wildman–Crippen MR) is 144 cm³/mol. The Hall–Kier alpha value is -3.07. The van der Waals surface area contributed by atoms with E-state index in [0.717, 1.165) is 23.8 Å². The molecule has 0 aliphatic rings. The molecule has 0 radical (unpaired) electrons. The van der Waals surface area contributed by atoms with Gasteiger partial charge in [0, 0.05) is 26.1 Å². The van der Waals surface area contributed by atoms with Gasteiger partial charge in [-0.05, 0) is 51.3 Å². The van der Waals surface area contributed by atoms with Gasteiger partial charge in [-0.3, -0.25) is 13.9 Å². The lowest BCUT2D eigenvalue weighted by molar-refractivity contribution is -0.140. The summed E-state index contributed by atoms with van der Waals surface area (Å²) < 4.78 is 32.1. The monoisotopic (exact) mass is 517 g/mol. The van der Waals surface area contributed by atoms with E-state index in [9.17, 15) is 18.0 Å². The van der Waals surface area contributed by atoms with E-state index in [4.69, 9.17) is 4.74 Å². The van der Waals surface area contributed by atoms with E-state index in [2.05, 4.69) is 5.32 Å². The average molecular weight is 518 g/mol. The van der Waals surface area contributed by atoms with Crippen LogP contribution in [-0.4, -0.2) is 57.1 Å². The second-order valence-corrected chi connectivity index (χ2v) is 10.7. The Morgan fingerprint density at radius 1 is 1.08 bits per heavy atom. The molecule has 0 unspecified atom stereocenters. The highest BCUT2D eigenvalue weighted by atomic mass is 32.2. The van der Waals surface area contributed by atoms with E-state index in [-0.39, 0.29) is 24.8 Å². The molecule has 2 rings (SSSR count). The van der Waals surface area contributed by atoms with Gasteiger partial charge in [0.15, 0.2) is 0 Å². The number of hydrogen-bond donors (Lipinski definition) is 1. The van der Waals surface area contributed by atoms with Crippen LogP contribution in [-0.2, 0) is 26.2 Å². The fourth-order valence-electron chi connectivity index (χ4n) is 3.91. The number of nitrogens with zero attached hydrogens (tertiary/aromatic N) is 2. The standard InChI is InChI=1S/C27H39N3O5S/c1-6-17-28-27(32)22(4)29(20-23-13-10-12-21(3)19-23)26(31)16-11-18-30(36(5,33)34)24-14-8-9-15-25(24)35-7-2/h8-10,12-15,19,22H,6-7,11,16-18,20H2,1-5H3,(H,28,32)/t22-/m1/s1. The zero-order valence-electron chi connectivity index (χ0n) is 22.0. The van der Waals surface area contributed by atoms with Crippen molar-refractivity contribution in [3.63, 3.8) is 0 Å². The maximum atomic E-state index is 13.3. The van der Waals surface area contributed by atoms with E-state index in [1.165, 1.54) is 4.31 Å². The van der Waals surface area contributed by atoms with Gasteiger partial charge < -0.3 is 15.0 Å². The molecule has 0 aliphatic carbocycles. The van der Waals surface area contributed by atoms with Gasteiger partial charge in [0.2, 0.25) is 21.8 Å². The molecule has 36 heavy (non-hydrogen) atoms. The van der Waals surface area contributed by atoms with E-state index in [1.807, 2.05) is 45.0 Å². The van der Waals surface area contributed by atoms with Crippen LogP contribution >= 0.6 is 0 Å². The minimum absolute atomic E-state index is 0.0973. The van der Waals surface area contributed by atoms with Crippen LogP contribution in [0.5, 0.6) is 5.75 Å².